The number of hydrogen-bond acceptors (Lipinski definition) is 4. The molecule has 19 heavy (non-hydrogen) atoms. The van der Waals surface area contributed by atoms with Crippen molar-refractivity contribution in [1.29, 1.82) is 0 Å². The first-order valence-corrected chi connectivity index (χ1v) is 6.79. The summed E-state index contributed by atoms with van der Waals surface area (Å²) in [5.41, 5.74) is 0.858. The Morgan fingerprint density at radius 1 is 1.58 bits per heavy atom. The lowest BCUT2D eigenvalue weighted by Crippen LogP contribution is -2.34. The number of likely N-dealkylation sites (tertiary alicyclic amines) is 1. The quantitative estimate of drug-likeness (QED) is 0.841. The summed E-state index contributed by atoms with van der Waals surface area (Å²) in [6.07, 6.45) is 1.92. The zero-order chi connectivity index (χ0) is 13.8. The van der Waals surface area contributed by atoms with Gasteiger partial charge in [0, 0.05) is 19.6 Å². The minimum absolute atomic E-state index is 0.0957. The first kappa shape index (κ1) is 14.4. The van der Waals surface area contributed by atoms with Crippen LogP contribution in [-0.4, -0.2) is 47.8 Å². The van der Waals surface area contributed by atoms with Crippen LogP contribution in [0.3, 0.4) is 0 Å². The van der Waals surface area contributed by atoms with Gasteiger partial charge in [-0.15, -0.1) is 0 Å². The Kier molecular flexibility index (Phi) is 4.85. The smallest absolute Gasteiger partial charge is 0.141 e. The van der Waals surface area contributed by atoms with E-state index in [9.17, 15) is 9.50 Å². The molecule has 1 aromatic rings. The van der Waals surface area contributed by atoms with Crippen molar-refractivity contribution < 1.29 is 9.50 Å². The minimum Gasteiger partial charge on any atom is -0.392 e. The zero-order valence-corrected chi connectivity index (χ0v) is 11.5. The number of pyridine rings is 1. The standard InChI is InChI=1S/C14H22FN3O/c1-10(8-18-6-5-12(19)9-18)14(16-2)13-4-3-11(15)7-17-13/h3-4,7,10,12,14,16,19H,5-6,8-9H2,1-2H3. The molecule has 1 fully saturated rings. The molecule has 5 heteroatoms. The van der Waals surface area contributed by atoms with Crippen molar-refractivity contribution in [1.82, 2.24) is 15.2 Å². The van der Waals surface area contributed by atoms with E-state index < -0.39 is 0 Å². The number of β-amino-alcohol motifs (C(OH)–C–C–N with tert-alkyl or cyclic N) is 1. The van der Waals surface area contributed by atoms with Crippen LogP contribution >= 0.6 is 0 Å². The van der Waals surface area contributed by atoms with E-state index in [0.717, 1.165) is 31.7 Å². The zero-order valence-electron chi connectivity index (χ0n) is 11.5. The molecule has 2 rings (SSSR count). The summed E-state index contributed by atoms with van der Waals surface area (Å²) in [6.45, 7) is 4.74. The fourth-order valence-corrected chi connectivity index (χ4v) is 2.79. The highest BCUT2D eigenvalue weighted by molar-refractivity contribution is 5.11. The summed E-state index contributed by atoms with van der Waals surface area (Å²) in [5.74, 6) is 0.0298. The number of rotatable bonds is 5. The predicted molar refractivity (Wildman–Crippen MR) is 72.2 cm³/mol. The van der Waals surface area contributed by atoms with Crippen molar-refractivity contribution in [3.63, 3.8) is 0 Å². The number of nitrogens with one attached hydrogen (secondary N) is 1. The van der Waals surface area contributed by atoms with Gasteiger partial charge in [-0.2, -0.15) is 0 Å². The number of halogens is 1. The third kappa shape index (κ3) is 3.72. The van der Waals surface area contributed by atoms with E-state index in [1.807, 2.05) is 7.05 Å². The second kappa shape index (κ2) is 6.41. The van der Waals surface area contributed by atoms with Gasteiger partial charge in [0.1, 0.15) is 5.82 Å². The predicted octanol–water partition coefficient (Wildman–Crippen LogP) is 1.18. The summed E-state index contributed by atoms with van der Waals surface area (Å²) in [7, 11) is 1.89. The number of nitrogens with zero attached hydrogens (tertiary/aromatic N) is 2. The van der Waals surface area contributed by atoms with Crippen LogP contribution in [0.5, 0.6) is 0 Å². The van der Waals surface area contributed by atoms with Crippen molar-refractivity contribution in [3.05, 3.63) is 29.8 Å². The summed E-state index contributed by atoms with van der Waals surface area (Å²) in [5, 5.41) is 12.8. The second-order valence-corrected chi connectivity index (χ2v) is 5.35. The van der Waals surface area contributed by atoms with Crippen LogP contribution in [-0.2, 0) is 0 Å². The van der Waals surface area contributed by atoms with Crippen LogP contribution in [0.25, 0.3) is 0 Å². The molecule has 106 valence electrons. The molecule has 4 nitrogen and oxygen atoms in total. The van der Waals surface area contributed by atoms with Gasteiger partial charge in [0.25, 0.3) is 0 Å². The Morgan fingerprint density at radius 2 is 2.37 bits per heavy atom. The lowest BCUT2D eigenvalue weighted by Gasteiger charge is -2.27. The third-order valence-electron chi connectivity index (χ3n) is 3.74. The third-order valence-corrected chi connectivity index (χ3v) is 3.74. The fourth-order valence-electron chi connectivity index (χ4n) is 2.79. The van der Waals surface area contributed by atoms with Gasteiger partial charge in [0.05, 0.1) is 24.0 Å². The lowest BCUT2D eigenvalue weighted by atomic mass is 9.98. The highest BCUT2D eigenvalue weighted by Crippen LogP contribution is 2.22. The lowest BCUT2D eigenvalue weighted by molar-refractivity contribution is 0.166. The van der Waals surface area contributed by atoms with Gasteiger partial charge >= 0.3 is 0 Å². The topological polar surface area (TPSA) is 48.4 Å². The second-order valence-electron chi connectivity index (χ2n) is 5.35. The molecule has 1 aliphatic heterocycles. The number of aromatic nitrogens is 1. The van der Waals surface area contributed by atoms with Crippen molar-refractivity contribution >= 4 is 0 Å². The highest BCUT2D eigenvalue weighted by atomic mass is 19.1. The molecule has 3 atom stereocenters. The van der Waals surface area contributed by atoms with Crippen molar-refractivity contribution in [2.45, 2.75) is 25.5 Å². The van der Waals surface area contributed by atoms with Crippen LogP contribution in [0.15, 0.2) is 18.3 Å². The Hall–Kier alpha value is -1.04. The van der Waals surface area contributed by atoms with E-state index in [0.29, 0.717) is 5.92 Å². The Balaban J connectivity index is 1.98. The fraction of sp³-hybridized carbons (Fsp3) is 0.643. The molecular formula is C14H22FN3O. The maximum atomic E-state index is 12.9. The average molecular weight is 267 g/mol. The summed E-state index contributed by atoms with van der Waals surface area (Å²) < 4.78 is 12.9. The average Bonchev–Trinajstić information content (AvgIpc) is 2.78. The van der Waals surface area contributed by atoms with Crippen molar-refractivity contribution in [2.75, 3.05) is 26.7 Å². The van der Waals surface area contributed by atoms with Crippen LogP contribution in [0.1, 0.15) is 25.1 Å². The maximum absolute atomic E-state index is 12.9. The van der Waals surface area contributed by atoms with E-state index in [2.05, 4.69) is 22.1 Å². The van der Waals surface area contributed by atoms with Gasteiger partial charge in [-0.25, -0.2) is 4.39 Å². The van der Waals surface area contributed by atoms with Crippen LogP contribution in [0.4, 0.5) is 4.39 Å². The number of aliphatic hydroxyl groups excluding tert-OH is 1. The molecule has 3 unspecified atom stereocenters. The Morgan fingerprint density at radius 3 is 2.89 bits per heavy atom. The first-order chi connectivity index (χ1) is 9.10. The molecule has 0 spiro atoms. The maximum Gasteiger partial charge on any atom is 0.141 e. The number of aliphatic hydroxyl groups is 1. The van der Waals surface area contributed by atoms with Crippen molar-refractivity contribution in [3.8, 4) is 0 Å². The first-order valence-electron chi connectivity index (χ1n) is 6.79. The van der Waals surface area contributed by atoms with Gasteiger partial charge in [-0.3, -0.25) is 4.98 Å². The molecule has 1 aliphatic rings. The molecule has 0 aliphatic carbocycles. The van der Waals surface area contributed by atoms with Gasteiger partial charge in [-0.1, -0.05) is 6.92 Å². The summed E-state index contributed by atoms with van der Waals surface area (Å²) in [4.78, 5) is 6.42. The SMILES string of the molecule is CNC(c1ccc(F)cn1)C(C)CN1CCC(O)C1. The molecule has 2 heterocycles. The van der Waals surface area contributed by atoms with Gasteiger partial charge in [0.15, 0.2) is 0 Å². The minimum atomic E-state index is -0.311. The Bertz CT molecular complexity index is 398. The van der Waals surface area contributed by atoms with Crippen LogP contribution in [0, 0.1) is 11.7 Å². The molecule has 0 saturated carbocycles. The molecule has 0 radical (unpaired) electrons. The Labute approximate surface area is 113 Å². The van der Waals surface area contributed by atoms with E-state index in [1.165, 1.54) is 12.3 Å². The van der Waals surface area contributed by atoms with E-state index in [1.54, 1.807) is 6.07 Å². The van der Waals surface area contributed by atoms with E-state index in [4.69, 9.17) is 0 Å². The van der Waals surface area contributed by atoms with E-state index >= 15 is 0 Å². The van der Waals surface area contributed by atoms with Gasteiger partial charge < -0.3 is 15.3 Å². The van der Waals surface area contributed by atoms with Crippen LogP contribution < -0.4 is 5.32 Å². The molecule has 2 N–H and O–H groups in total. The largest absolute Gasteiger partial charge is 0.392 e. The van der Waals surface area contributed by atoms with Crippen molar-refractivity contribution in [2.24, 2.45) is 5.92 Å². The molecule has 0 bridgehead atoms. The molecule has 0 amide bonds. The van der Waals surface area contributed by atoms with Gasteiger partial charge in [-0.05, 0) is 31.5 Å². The summed E-state index contributed by atoms with van der Waals surface area (Å²) in [6, 6.07) is 3.27. The normalized spacial score (nSPS) is 23.5. The molecule has 1 saturated heterocycles. The molecular weight excluding hydrogens is 245 g/mol. The van der Waals surface area contributed by atoms with Crippen LogP contribution in [0.2, 0.25) is 0 Å². The van der Waals surface area contributed by atoms with E-state index in [-0.39, 0.29) is 18.0 Å². The van der Waals surface area contributed by atoms with Gasteiger partial charge in [0.2, 0.25) is 0 Å². The molecule has 0 aromatic carbocycles. The molecule has 1 aromatic heterocycles. The highest BCUT2D eigenvalue weighted by Gasteiger charge is 2.25. The summed E-state index contributed by atoms with van der Waals surface area (Å²) >= 11 is 0. The monoisotopic (exact) mass is 267 g/mol. The number of hydrogen-bond donors (Lipinski definition) is 2.